The number of anilines is 4. The summed E-state index contributed by atoms with van der Waals surface area (Å²) in [6.07, 6.45) is 4.41. The van der Waals surface area contributed by atoms with E-state index in [1.807, 2.05) is 13.0 Å². The van der Waals surface area contributed by atoms with E-state index in [2.05, 4.69) is 46.5 Å². The van der Waals surface area contributed by atoms with Crippen LogP contribution in [0.2, 0.25) is 0 Å². The molecule has 0 atom stereocenters. The van der Waals surface area contributed by atoms with Gasteiger partial charge in [0.2, 0.25) is 11.6 Å². The summed E-state index contributed by atoms with van der Waals surface area (Å²) in [7, 11) is 0. The summed E-state index contributed by atoms with van der Waals surface area (Å²) >= 11 is 3.28. The molecule has 126 valence electrons. The quantitative estimate of drug-likeness (QED) is 0.490. The van der Waals surface area contributed by atoms with Crippen molar-refractivity contribution in [3.63, 3.8) is 0 Å². The molecule has 0 saturated carbocycles. The molecule has 0 fully saturated rings. The van der Waals surface area contributed by atoms with Gasteiger partial charge in [0.05, 0.1) is 4.92 Å². The van der Waals surface area contributed by atoms with Gasteiger partial charge in [0.25, 0.3) is 0 Å². The zero-order valence-corrected chi connectivity index (χ0v) is 14.6. The van der Waals surface area contributed by atoms with Crippen molar-refractivity contribution in [3.8, 4) is 0 Å². The zero-order chi connectivity index (χ0) is 17.8. The van der Waals surface area contributed by atoms with Crippen molar-refractivity contribution < 1.29 is 4.92 Å². The number of halogens is 1. The van der Waals surface area contributed by atoms with Crippen LogP contribution in [0.25, 0.3) is 0 Å². The lowest BCUT2D eigenvalue weighted by atomic mass is 10.3. The Balaban J connectivity index is 1.96. The molecule has 0 bridgehead atoms. The molecule has 0 aliphatic rings. The fourth-order valence-corrected chi connectivity index (χ4v) is 2.27. The van der Waals surface area contributed by atoms with Crippen LogP contribution in [0.1, 0.15) is 5.56 Å². The van der Waals surface area contributed by atoms with Crippen LogP contribution >= 0.6 is 15.9 Å². The Bertz CT molecular complexity index is 918. The lowest BCUT2D eigenvalue weighted by Crippen LogP contribution is -2.06. The zero-order valence-electron chi connectivity index (χ0n) is 13.0. The molecule has 0 aliphatic carbocycles. The van der Waals surface area contributed by atoms with E-state index in [0.717, 1.165) is 10.0 Å². The lowest BCUT2D eigenvalue weighted by Gasteiger charge is -2.09. The van der Waals surface area contributed by atoms with E-state index in [-0.39, 0.29) is 17.3 Å². The summed E-state index contributed by atoms with van der Waals surface area (Å²) in [6, 6.07) is 7.02. The predicted molar refractivity (Wildman–Crippen MR) is 96.2 cm³/mol. The number of rotatable bonds is 5. The van der Waals surface area contributed by atoms with Crippen molar-refractivity contribution >= 4 is 44.9 Å². The van der Waals surface area contributed by atoms with E-state index >= 15 is 0 Å². The minimum atomic E-state index is -0.556. The molecule has 10 heteroatoms. The molecule has 3 heterocycles. The first-order chi connectivity index (χ1) is 12.0. The van der Waals surface area contributed by atoms with Gasteiger partial charge in [-0.1, -0.05) is 0 Å². The van der Waals surface area contributed by atoms with Crippen LogP contribution in [-0.4, -0.2) is 24.9 Å². The van der Waals surface area contributed by atoms with Gasteiger partial charge in [0, 0.05) is 16.9 Å². The van der Waals surface area contributed by atoms with Crippen LogP contribution in [0.4, 0.5) is 29.0 Å². The maximum atomic E-state index is 11.5. The van der Waals surface area contributed by atoms with Crippen molar-refractivity contribution in [2.75, 3.05) is 10.6 Å². The maximum absolute atomic E-state index is 11.5. The van der Waals surface area contributed by atoms with Gasteiger partial charge in [-0.05, 0) is 52.7 Å². The average molecular weight is 402 g/mol. The first kappa shape index (κ1) is 16.7. The van der Waals surface area contributed by atoms with Crippen LogP contribution in [0.5, 0.6) is 0 Å². The maximum Gasteiger partial charge on any atom is 0.354 e. The van der Waals surface area contributed by atoms with E-state index in [0.29, 0.717) is 11.6 Å². The lowest BCUT2D eigenvalue weighted by molar-refractivity contribution is -0.383. The second-order valence-electron chi connectivity index (χ2n) is 5.01. The van der Waals surface area contributed by atoms with Crippen molar-refractivity contribution in [2.45, 2.75) is 6.92 Å². The molecule has 0 aliphatic heterocycles. The highest BCUT2D eigenvalue weighted by molar-refractivity contribution is 9.10. The topological polar surface area (TPSA) is 119 Å². The third kappa shape index (κ3) is 4.04. The summed E-state index contributed by atoms with van der Waals surface area (Å²) in [5.41, 5.74) is 0.669. The fourth-order valence-electron chi connectivity index (χ4n) is 2.03. The Kier molecular flexibility index (Phi) is 4.80. The monoisotopic (exact) mass is 401 g/mol. The number of nitrogens with one attached hydrogen (secondary N) is 2. The van der Waals surface area contributed by atoms with Gasteiger partial charge < -0.3 is 10.6 Å². The largest absolute Gasteiger partial charge is 0.354 e. The molecule has 3 rings (SSSR count). The number of hydrogen-bond acceptors (Lipinski definition) is 8. The number of hydrogen-bond donors (Lipinski definition) is 2. The number of aryl methyl sites for hydroxylation is 1. The summed E-state index contributed by atoms with van der Waals surface area (Å²) in [4.78, 5) is 27.2. The second-order valence-corrected chi connectivity index (χ2v) is 5.92. The summed E-state index contributed by atoms with van der Waals surface area (Å²) in [6.45, 7) is 1.90. The molecular formula is C15H12BrN7O2. The van der Waals surface area contributed by atoms with Gasteiger partial charge >= 0.3 is 5.69 Å². The molecule has 9 nitrogen and oxygen atoms in total. The molecule has 25 heavy (non-hydrogen) atoms. The number of nitrogens with zero attached hydrogens (tertiary/aromatic N) is 5. The summed E-state index contributed by atoms with van der Waals surface area (Å²) < 4.78 is 0.795. The number of nitro groups is 1. The second kappa shape index (κ2) is 7.18. The van der Waals surface area contributed by atoms with Crippen LogP contribution in [-0.2, 0) is 0 Å². The van der Waals surface area contributed by atoms with Crippen molar-refractivity contribution in [1.29, 1.82) is 0 Å². The molecule has 3 aromatic rings. The van der Waals surface area contributed by atoms with Crippen LogP contribution < -0.4 is 10.6 Å². The normalized spacial score (nSPS) is 10.3. The minimum absolute atomic E-state index is 0.0324. The van der Waals surface area contributed by atoms with Gasteiger partial charge in [-0.3, -0.25) is 10.1 Å². The van der Waals surface area contributed by atoms with E-state index in [4.69, 9.17) is 0 Å². The van der Waals surface area contributed by atoms with Crippen molar-refractivity contribution in [2.24, 2.45) is 0 Å². The molecule has 0 saturated heterocycles. The highest BCUT2D eigenvalue weighted by atomic mass is 79.9. The Labute approximate surface area is 150 Å². The Morgan fingerprint density at radius 2 is 1.76 bits per heavy atom. The first-order valence-corrected chi connectivity index (χ1v) is 7.90. The molecular weight excluding hydrogens is 390 g/mol. The van der Waals surface area contributed by atoms with Crippen molar-refractivity contribution in [3.05, 3.63) is 63.1 Å². The molecule has 3 aromatic heterocycles. The SMILES string of the molecule is Cc1ccnc(Nc2ncnc(Nc3ccc(Br)cn3)c2[N+](=O)[O-])c1. The third-order valence-electron chi connectivity index (χ3n) is 3.14. The van der Waals surface area contributed by atoms with E-state index in [9.17, 15) is 10.1 Å². The van der Waals surface area contributed by atoms with E-state index in [1.165, 1.54) is 6.33 Å². The van der Waals surface area contributed by atoms with Crippen molar-refractivity contribution in [1.82, 2.24) is 19.9 Å². The van der Waals surface area contributed by atoms with Gasteiger partial charge in [-0.25, -0.2) is 19.9 Å². The molecule has 0 radical (unpaired) electrons. The number of aromatic nitrogens is 4. The fraction of sp³-hybridized carbons (Fsp3) is 0.0667. The predicted octanol–water partition coefficient (Wildman–Crippen LogP) is 3.73. The minimum Gasteiger partial charge on any atom is -0.319 e. The van der Waals surface area contributed by atoms with Gasteiger partial charge in [0.15, 0.2) is 0 Å². The Morgan fingerprint density at radius 3 is 2.36 bits per heavy atom. The smallest absolute Gasteiger partial charge is 0.319 e. The molecule has 0 amide bonds. The Hall–Kier alpha value is -3.14. The highest BCUT2D eigenvalue weighted by Gasteiger charge is 2.23. The molecule has 0 aromatic carbocycles. The standard InChI is InChI=1S/C15H12BrN7O2/c1-9-4-5-17-12(6-9)22-15-13(23(24)25)14(19-8-20-15)21-11-3-2-10(16)7-18-11/h2-8H,1H3,(H2,17,18,19,20,21,22). The van der Waals surface area contributed by atoms with Gasteiger partial charge in [0.1, 0.15) is 18.0 Å². The molecule has 0 unspecified atom stereocenters. The van der Waals surface area contributed by atoms with Gasteiger partial charge in [-0.15, -0.1) is 0 Å². The van der Waals surface area contributed by atoms with E-state index in [1.54, 1.807) is 30.6 Å². The summed E-state index contributed by atoms with van der Waals surface area (Å²) in [5.74, 6) is 0.946. The number of pyridine rings is 2. The highest BCUT2D eigenvalue weighted by Crippen LogP contribution is 2.32. The third-order valence-corrected chi connectivity index (χ3v) is 3.61. The Morgan fingerprint density at radius 1 is 1.04 bits per heavy atom. The van der Waals surface area contributed by atoms with Gasteiger partial charge in [-0.2, -0.15) is 0 Å². The van der Waals surface area contributed by atoms with Crippen LogP contribution in [0.15, 0.2) is 47.5 Å². The molecule has 0 spiro atoms. The van der Waals surface area contributed by atoms with Crippen LogP contribution in [0, 0.1) is 17.0 Å². The summed E-state index contributed by atoms with van der Waals surface area (Å²) in [5, 5.41) is 17.2. The van der Waals surface area contributed by atoms with E-state index < -0.39 is 4.92 Å². The first-order valence-electron chi connectivity index (χ1n) is 7.10. The average Bonchev–Trinajstić information content (AvgIpc) is 2.57. The molecule has 2 N–H and O–H groups in total. The van der Waals surface area contributed by atoms with Crippen LogP contribution in [0.3, 0.4) is 0 Å².